The second-order valence-corrected chi connectivity index (χ2v) is 2.73. The van der Waals surface area contributed by atoms with E-state index in [1.165, 1.54) is 0 Å². The number of hydrogen-bond acceptors (Lipinski definition) is 2. The van der Waals surface area contributed by atoms with E-state index in [0.29, 0.717) is 6.61 Å². The average molecular weight is 214 g/mol. The van der Waals surface area contributed by atoms with Gasteiger partial charge in [0.1, 0.15) is 17.0 Å². The molecular formula is C8H8BrNO. The van der Waals surface area contributed by atoms with Crippen molar-refractivity contribution in [3.05, 3.63) is 35.6 Å². The molecule has 11 heavy (non-hydrogen) atoms. The first-order valence-electron chi connectivity index (χ1n) is 3.18. The molecule has 0 bridgehead atoms. The lowest BCUT2D eigenvalue weighted by atomic mass is 10.4. The van der Waals surface area contributed by atoms with Gasteiger partial charge in [0, 0.05) is 12.3 Å². The average Bonchev–Trinajstić information content (AvgIpc) is 2.01. The quantitative estimate of drug-likeness (QED) is 0.569. The summed E-state index contributed by atoms with van der Waals surface area (Å²) in [5.74, 6) is 0.798. The van der Waals surface area contributed by atoms with E-state index >= 15 is 0 Å². The molecule has 0 aromatic carbocycles. The Bertz CT molecular complexity index is 250. The van der Waals surface area contributed by atoms with Crippen molar-refractivity contribution < 1.29 is 4.74 Å². The van der Waals surface area contributed by atoms with Crippen LogP contribution in [0, 0.1) is 0 Å². The number of pyridine rings is 1. The first-order valence-corrected chi connectivity index (χ1v) is 3.97. The topological polar surface area (TPSA) is 22.1 Å². The van der Waals surface area contributed by atoms with Gasteiger partial charge in [0.25, 0.3) is 0 Å². The number of aromatic nitrogens is 1. The molecule has 1 aromatic heterocycles. The molecule has 58 valence electrons. The number of ether oxygens (including phenoxy) is 1. The summed E-state index contributed by atoms with van der Waals surface area (Å²) in [7, 11) is 0. The van der Waals surface area contributed by atoms with Gasteiger partial charge in [-0.25, -0.2) is 4.98 Å². The lowest BCUT2D eigenvalue weighted by Gasteiger charge is -2.01. The SMILES string of the molecule is C=CCOc1ccnc(Br)c1. The molecule has 0 atom stereocenters. The van der Waals surface area contributed by atoms with Crippen molar-refractivity contribution in [1.82, 2.24) is 4.98 Å². The zero-order chi connectivity index (χ0) is 8.10. The molecule has 1 rings (SSSR count). The van der Waals surface area contributed by atoms with E-state index < -0.39 is 0 Å². The summed E-state index contributed by atoms with van der Waals surface area (Å²) in [5.41, 5.74) is 0. The minimum Gasteiger partial charge on any atom is -0.489 e. The molecule has 3 heteroatoms. The highest BCUT2D eigenvalue weighted by atomic mass is 79.9. The van der Waals surface area contributed by atoms with E-state index in [1.54, 1.807) is 18.3 Å². The Morgan fingerprint density at radius 2 is 2.55 bits per heavy atom. The zero-order valence-corrected chi connectivity index (χ0v) is 7.54. The molecule has 0 spiro atoms. The molecule has 1 heterocycles. The first-order chi connectivity index (χ1) is 5.33. The molecule has 2 nitrogen and oxygen atoms in total. The molecule has 0 saturated carbocycles. The van der Waals surface area contributed by atoms with E-state index in [2.05, 4.69) is 27.5 Å². The van der Waals surface area contributed by atoms with Crippen LogP contribution in [0.5, 0.6) is 5.75 Å². The number of halogens is 1. The van der Waals surface area contributed by atoms with E-state index in [4.69, 9.17) is 4.74 Å². The van der Waals surface area contributed by atoms with Crippen LogP contribution in [0.1, 0.15) is 0 Å². The Hall–Kier alpha value is -0.830. The smallest absolute Gasteiger partial charge is 0.124 e. The summed E-state index contributed by atoms with van der Waals surface area (Å²) in [6, 6.07) is 3.61. The summed E-state index contributed by atoms with van der Waals surface area (Å²) in [5, 5.41) is 0. The van der Waals surface area contributed by atoms with Crippen LogP contribution in [0.25, 0.3) is 0 Å². The monoisotopic (exact) mass is 213 g/mol. The van der Waals surface area contributed by atoms with E-state index in [0.717, 1.165) is 10.4 Å². The Kier molecular flexibility index (Phi) is 3.11. The first kappa shape index (κ1) is 8.27. The van der Waals surface area contributed by atoms with Gasteiger partial charge in [0.15, 0.2) is 0 Å². The molecule has 0 aliphatic carbocycles. The van der Waals surface area contributed by atoms with Crippen molar-refractivity contribution in [3.8, 4) is 5.75 Å². The van der Waals surface area contributed by atoms with Crippen LogP contribution >= 0.6 is 15.9 Å². The van der Waals surface area contributed by atoms with Gasteiger partial charge in [0.2, 0.25) is 0 Å². The molecule has 0 aliphatic rings. The fourth-order valence-corrected chi connectivity index (χ4v) is 0.973. The molecule has 0 radical (unpaired) electrons. The summed E-state index contributed by atoms with van der Waals surface area (Å²) >= 11 is 3.24. The Labute approximate surface area is 74.0 Å². The van der Waals surface area contributed by atoms with Crippen molar-refractivity contribution in [2.45, 2.75) is 0 Å². The van der Waals surface area contributed by atoms with Gasteiger partial charge in [-0.1, -0.05) is 12.7 Å². The standard InChI is InChI=1S/C8H8BrNO/c1-2-5-11-7-3-4-10-8(9)6-7/h2-4,6H,1,5H2. The van der Waals surface area contributed by atoms with Crippen LogP contribution in [-0.2, 0) is 0 Å². The number of hydrogen-bond donors (Lipinski definition) is 0. The maximum atomic E-state index is 5.25. The van der Waals surface area contributed by atoms with Gasteiger partial charge in [-0.3, -0.25) is 0 Å². The number of rotatable bonds is 3. The maximum absolute atomic E-state index is 5.25. The highest BCUT2D eigenvalue weighted by Gasteiger charge is 1.92. The third-order valence-corrected chi connectivity index (χ3v) is 1.50. The van der Waals surface area contributed by atoms with E-state index in [9.17, 15) is 0 Å². The Morgan fingerprint density at radius 3 is 3.18 bits per heavy atom. The predicted molar refractivity (Wildman–Crippen MR) is 47.6 cm³/mol. The van der Waals surface area contributed by atoms with Gasteiger partial charge < -0.3 is 4.74 Å². The van der Waals surface area contributed by atoms with Crippen LogP contribution in [0.15, 0.2) is 35.6 Å². The van der Waals surface area contributed by atoms with Crippen LogP contribution in [-0.4, -0.2) is 11.6 Å². The Balaban J connectivity index is 2.63. The zero-order valence-electron chi connectivity index (χ0n) is 5.96. The maximum Gasteiger partial charge on any atom is 0.124 e. The van der Waals surface area contributed by atoms with Crippen molar-refractivity contribution in [1.29, 1.82) is 0 Å². The van der Waals surface area contributed by atoms with Crippen molar-refractivity contribution >= 4 is 15.9 Å². The molecule has 0 unspecified atom stereocenters. The summed E-state index contributed by atoms with van der Waals surface area (Å²) < 4.78 is 6.02. The molecular weight excluding hydrogens is 206 g/mol. The van der Waals surface area contributed by atoms with E-state index in [-0.39, 0.29) is 0 Å². The van der Waals surface area contributed by atoms with Gasteiger partial charge in [0.05, 0.1) is 0 Å². The van der Waals surface area contributed by atoms with Crippen LogP contribution in [0.3, 0.4) is 0 Å². The third kappa shape index (κ3) is 2.72. The van der Waals surface area contributed by atoms with Crippen LogP contribution in [0.2, 0.25) is 0 Å². The Morgan fingerprint density at radius 1 is 1.73 bits per heavy atom. The highest BCUT2D eigenvalue weighted by Crippen LogP contribution is 2.14. The molecule has 0 fully saturated rings. The van der Waals surface area contributed by atoms with Crippen molar-refractivity contribution in [3.63, 3.8) is 0 Å². The fourth-order valence-electron chi connectivity index (χ4n) is 0.630. The van der Waals surface area contributed by atoms with Crippen molar-refractivity contribution in [2.75, 3.05) is 6.61 Å². The fraction of sp³-hybridized carbons (Fsp3) is 0.125. The second kappa shape index (κ2) is 4.13. The summed E-state index contributed by atoms with van der Waals surface area (Å²) in [4.78, 5) is 3.96. The molecule has 0 aliphatic heterocycles. The molecule has 0 N–H and O–H groups in total. The van der Waals surface area contributed by atoms with Gasteiger partial charge in [-0.15, -0.1) is 0 Å². The third-order valence-electron chi connectivity index (χ3n) is 1.07. The van der Waals surface area contributed by atoms with E-state index in [1.807, 2.05) is 6.07 Å². The van der Waals surface area contributed by atoms with Crippen LogP contribution in [0.4, 0.5) is 0 Å². The normalized spacial score (nSPS) is 9.18. The van der Waals surface area contributed by atoms with Gasteiger partial charge in [-0.05, 0) is 22.0 Å². The number of nitrogens with zero attached hydrogens (tertiary/aromatic N) is 1. The minimum absolute atomic E-state index is 0.524. The summed E-state index contributed by atoms with van der Waals surface area (Å²) in [6.07, 6.45) is 3.39. The van der Waals surface area contributed by atoms with Gasteiger partial charge >= 0.3 is 0 Å². The molecule has 0 amide bonds. The minimum atomic E-state index is 0.524. The van der Waals surface area contributed by atoms with Crippen LogP contribution < -0.4 is 4.74 Å². The largest absolute Gasteiger partial charge is 0.489 e. The van der Waals surface area contributed by atoms with Crippen molar-refractivity contribution in [2.24, 2.45) is 0 Å². The molecule has 1 aromatic rings. The lowest BCUT2D eigenvalue weighted by molar-refractivity contribution is 0.362. The highest BCUT2D eigenvalue weighted by molar-refractivity contribution is 9.10. The predicted octanol–water partition coefficient (Wildman–Crippen LogP) is 2.41. The molecule has 0 saturated heterocycles. The second-order valence-electron chi connectivity index (χ2n) is 1.91. The van der Waals surface area contributed by atoms with Gasteiger partial charge in [-0.2, -0.15) is 0 Å². The summed E-state index contributed by atoms with van der Waals surface area (Å²) in [6.45, 7) is 4.07. The lowest BCUT2D eigenvalue weighted by Crippen LogP contribution is -1.92.